The Morgan fingerprint density at radius 2 is 2.23 bits per heavy atom. The van der Waals surface area contributed by atoms with Gasteiger partial charge in [0.2, 0.25) is 0 Å². The van der Waals surface area contributed by atoms with Gasteiger partial charge in [-0.15, -0.1) is 12.4 Å². The number of nitrogens with one attached hydrogen (secondary N) is 1. The van der Waals surface area contributed by atoms with Gasteiger partial charge in [-0.2, -0.15) is 0 Å². The van der Waals surface area contributed by atoms with E-state index in [0.717, 1.165) is 26.2 Å². The van der Waals surface area contributed by atoms with Crippen LogP contribution in [0.3, 0.4) is 0 Å². The van der Waals surface area contributed by atoms with Crippen molar-refractivity contribution in [2.45, 2.75) is 26.5 Å². The summed E-state index contributed by atoms with van der Waals surface area (Å²) in [6, 6.07) is 0. The first-order valence-electron chi connectivity index (χ1n) is 4.48. The third-order valence-electron chi connectivity index (χ3n) is 2.07. The molecule has 0 aromatic carbocycles. The molecule has 1 heterocycles. The lowest BCUT2D eigenvalue weighted by molar-refractivity contribution is -0.0678. The molecule has 1 N–H and O–H groups in total. The molecule has 3 nitrogen and oxygen atoms in total. The summed E-state index contributed by atoms with van der Waals surface area (Å²) in [5, 5.41) is 3.34. The Kier molecular flexibility index (Phi) is 5.88. The molecule has 0 aromatic rings. The van der Waals surface area contributed by atoms with Gasteiger partial charge >= 0.3 is 0 Å². The van der Waals surface area contributed by atoms with Crippen molar-refractivity contribution in [3.05, 3.63) is 0 Å². The van der Waals surface area contributed by atoms with Crippen molar-refractivity contribution < 1.29 is 9.47 Å². The van der Waals surface area contributed by atoms with Gasteiger partial charge < -0.3 is 9.47 Å². The highest BCUT2D eigenvalue weighted by Crippen LogP contribution is 2.19. The molecule has 13 heavy (non-hydrogen) atoms. The van der Waals surface area contributed by atoms with Crippen molar-refractivity contribution in [2.75, 3.05) is 26.9 Å². The van der Waals surface area contributed by atoms with Crippen molar-refractivity contribution in [1.29, 1.82) is 0 Å². The Bertz CT molecular complexity index is 132. The van der Waals surface area contributed by atoms with Crippen LogP contribution in [0.5, 0.6) is 0 Å². The lowest BCUT2D eigenvalue weighted by Crippen LogP contribution is -2.48. The second-order valence-corrected chi connectivity index (χ2v) is 4.13. The summed E-state index contributed by atoms with van der Waals surface area (Å²) >= 11 is 0. The molecule has 1 unspecified atom stereocenters. The van der Waals surface area contributed by atoms with Gasteiger partial charge in [0.15, 0.2) is 0 Å². The fourth-order valence-corrected chi connectivity index (χ4v) is 1.24. The quantitative estimate of drug-likeness (QED) is 0.763. The molecule has 80 valence electrons. The molecule has 0 aliphatic carbocycles. The normalized spacial score (nSPS) is 26.5. The zero-order chi connectivity index (χ0) is 9.03. The van der Waals surface area contributed by atoms with Crippen LogP contribution in [0.25, 0.3) is 0 Å². The van der Waals surface area contributed by atoms with Crippen molar-refractivity contribution in [3.8, 4) is 0 Å². The summed E-state index contributed by atoms with van der Waals surface area (Å²) in [6.07, 6.45) is 1.13. The lowest BCUT2D eigenvalue weighted by atomic mass is 9.93. The monoisotopic (exact) mass is 209 g/mol. The molecule has 1 saturated heterocycles. The van der Waals surface area contributed by atoms with E-state index in [-0.39, 0.29) is 24.0 Å². The van der Waals surface area contributed by atoms with Crippen molar-refractivity contribution >= 4 is 12.4 Å². The zero-order valence-electron chi connectivity index (χ0n) is 8.63. The van der Waals surface area contributed by atoms with Gasteiger partial charge in [-0.25, -0.2) is 0 Å². The number of rotatable bonds is 3. The maximum Gasteiger partial charge on any atom is 0.110 e. The number of ether oxygens (including phenoxy) is 2. The molecule has 4 heteroatoms. The minimum absolute atomic E-state index is 0. The van der Waals surface area contributed by atoms with E-state index in [1.807, 2.05) is 0 Å². The molecular weight excluding hydrogens is 190 g/mol. The maximum atomic E-state index is 5.60. The highest BCUT2D eigenvalue weighted by atomic mass is 35.5. The first-order chi connectivity index (χ1) is 5.64. The van der Waals surface area contributed by atoms with E-state index in [1.165, 1.54) is 0 Å². The maximum absolute atomic E-state index is 5.60. The van der Waals surface area contributed by atoms with Crippen molar-refractivity contribution in [2.24, 2.45) is 5.41 Å². The van der Waals surface area contributed by atoms with Crippen LogP contribution in [0.4, 0.5) is 0 Å². The SMILES string of the molecule is COCCC1NCC(C)(C)CO1.Cl. The van der Waals surface area contributed by atoms with E-state index in [1.54, 1.807) is 7.11 Å². The van der Waals surface area contributed by atoms with Gasteiger partial charge in [-0.3, -0.25) is 5.32 Å². The van der Waals surface area contributed by atoms with Crippen LogP contribution < -0.4 is 5.32 Å². The second kappa shape index (κ2) is 5.81. The third-order valence-corrected chi connectivity index (χ3v) is 2.07. The summed E-state index contributed by atoms with van der Waals surface area (Å²) in [4.78, 5) is 0. The van der Waals surface area contributed by atoms with Gasteiger partial charge in [0.1, 0.15) is 6.23 Å². The number of methoxy groups -OCH3 is 1. The first kappa shape index (κ1) is 13.2. The number of hydrogen-bond donors (Lipinski definition) is 1. The molecule has 1 atom stereocenters. The van der Waals surface area contributed by atoms with Gasteiger partial charge in [0, 0.05) is 32.1 Å². The molecule has 1 aliphatic rings. The molecule has 1 aliphatic heterocycles. The van der Waals surface area contributed by atoms with E-state index in [4.69, 9.17) is 9.47 Å². The van der Waals surface area contributed by atoms with Crippen LogP contribution in [0.1, 0.15) is 20.3 Å². The Morgan fingerprint density at radius 3 is 2.69 bits per heavy atom. The third kappa shape index (κ3) is 4.81. The second-order valence-electron chi connectivity index (χ2n) is 4.13. The number of hydrogen-bond acceptors (Lipinski definition) is 3. The Morgan fingerprint density at radius 1 is 1.54 bits per heavy atom. The molecule has 0 radical (unpaired) electrons. The van der Waals surface area contributed by atoms with Gasteiger partial charge in [-0.1, -0.05) is 13.8 Å². The first-order valence-corrected chi connectivity index (χ1v) is 4.48. The summed E-state index contributed by atoms with van der Waals surface area (Å²) in [7, 11) is 1.72. The van der Waals surface area contributed by atoms with E-state index in [9.17, 15) is 0 Å². The van der Waals surface area contributed by atoms with Gasteiger partial charge in [0.25, 0.3) is 0 Å². The summed E-state index contributed by atoms with van der Waals surface area (Å²) in [5.41, 5.74) is 0.281. The lowest BCUT2D eigenvalue weighted by Gasteiger charge is -2.35. The fourth-order valence-electron chi connectivity index (χ4n) is 1.24. The Labute approximate surface area is 86.6 Å². The van der Waals surface area contributed by atoms with Crippen LogP contribution in [0.15, 0.2) is 0 Å². The molecular formula is C9H20ClNO2. The van der Waals surface area contributed by atoms with Crippen LogP contribution in [0.2, 0.25) is 0 Å². The molecule has 0 aromatic heterocycles. The molecule has 1 fully saturated rings. The predicted octanol–water partition coefficient (Wildman–Crippen LogP) is 1.42. The average Bonchev–Trinajstić information content (AvgIpc) is 2.03. The minimum atomic E-state index is 0. The molecule has 0 amide bonds. The highest BCUT2D eigenvalue weighted by molar-refractivity contribution is 5.85. The number of halogens is 1. The van der Waals surface area contributed by atoms with Crippen molar-refractivity contribution in [1.82, 2.24) is 5.32 Å². The molecule has 0 spiro atoms. The van der Waals surface area contributed by atoms with Crippen LogP contribution in [0, 0.1) is 5.41 Å². The van der Waals surface area contributed by atoms with Crippen molar-refractivity contribution in [3.63, 3.8) is 0 Å². The van der Waals surface area contributed by atoms with E-state index in [2.05, 4.69) is 19.2 Å². The highest BCUT2D eigenvalue weighted by Gasteiger charge is 2.26. The van der Waals surface area contributed by atoms with Crippen LogP contribution in [-0.4, -0.2) is 33.1 Å². The molecule has 1 rings (SSSR count). The van der Waals surface area contributed by atoms with Gasteiger partial charge in [0.05, 0.1) is 6.61 Å². The minimum Gasteiger partial charge on any atom is -0.385 e. The van der Waals surface area contributed by atoms with Crippen LogP contribution >= 0.6 is 12.4 Å². The largest absolute Gasteiger partial charge is 0.385 e. The fraction of sp³-hybridized carbons (Fsp3) is 1.00. The molecule has 0 saturated carbocycles. The van der Waals surface area contributed by atoms with E-state index >= 15 is 0 Å². The smallest absolute Gasteiger partial charge is 0.110 e. The summed E-state index contributed by atoms with van der Waals surface area (Å²) < 4.78 is 10.6. The summed E-state index contributed by atoms with van der Waals surface area (Å²) in [6.45, 7) is 7.03. The zero-order valence-corrected chi connectivity index (χ0v) is 9.45. The Balaban J connectivity index is 0.00000144. The molecule has 0 bridgehead atoms. The van der Waals surface area contributed by atoms with E-state index < -0.39 is 0 Å². The summed E-state index contributed by atoms with van der Waals surface area (Å²) in [5.74, 6) is 0. The van der Waals surface area contributed by atoms with Crippen LogP contribution in [-0.2, 0) is 9.47 Å². The van der Waals surface area contributed by atoms with Gasteiger partial charge in [-0.05, 0) is 0 Å². The standard InChI is InChI=1S/C9H19NO2.ClH/c1-9(2)6-10-8(12-7-9)4-5-11-3;/h8,10H,4-7H2,1-3H3;1H. The topological polar surface area (TPSA) is 30.5 Å². The van der Waals surface area contributed by atoms with E-state index in [0.29, 0.717) is 0 Å². The predicted molar refractivity (Wildman–Crippen MR) is 55.3 cm³/mol. The average molecular weight is 210 g/mol. The Hall–Kier alpha value is 0.170.